The van der Waals surface area contributed by atoms with Crippen molar-refractivity contribution in [3.8, 4) is 0 Å². The van der Waals surface area contributed by atoms with Crippen molar-refractivity contribution in [1.29, 1.82) is 0 Å². The maximum atomic E-state index is 12.8. The summed E-state index contributed by atoms with van der Waals surface area (Å²) in [4.78, 5) is 8.61. The van der Waals surface area contributed by atoms with E-state index in [0.29, 0.717) is 32.4 Å². The van der Waals surface area contributed by atoms with Gasteiger partial charge in [0, 0.05) is 19.2 Å². The molecule has 1 atom stereocenters. The molecule has 1 aliphatic heterocycles. The Kier molecular flexibility index (Phi) is 4.24. The summed E-state index contributed by atoms with van der Waals surface area (Å²) in [6.07, 6.45) is -2.91. The molecule has 0 aliphatic carbocycles. The number of hydrogen-bond donors (Lipinski definition) is 3. The van der Waals surface area contributed by atoms with E-state index in [1.54, 1.807) is 11.8 Å². The Balaban J connectivity index is 2.30. The van der Waals surface area contributed by atoms with Crippen molar-refractivity contribution in [3.05, 3.63) is 11.9 Å². The molecular formula is C12H18F3N5O. The third kappa shape index (κ3) is 3.94. The van der Waals surface area contributed by atoms with E-state index in [2.05, 4.69) is 15.4 Å². The van der Waals surface area contributed by atoms with Crippen LogP contribution in [-0.2, 0) is 6.18 Å². The van der Waals surface area contributed by atoms with Crippen molar-refractivity contribution in [1.82, 2.24) is 9.97 Å². The predicted octanol–water partition coefficient (Wildman–Crippen LogP) is 1.52. The van der Waals surface area contributed by atoms with Gasteiger partial charge in [0.1, 0.15) is 11.6 Å². The summed E-state index contributed by atoms with van der Waals surface area (Å²) in [5, 5.41) is 10.0. The number of halogens is 3. The molecule has 0 aromatic carbocycles. The molecular weight excluding hydrogens is 287 g/mol. The van der Waals surface area contributed by atoms with Crippen LogP contribution in [0.3, 0.4) is 0 Å². The summed E-state index contributed by atoms with van der Waals surface area (Å²) in [7, 11) is 0. The Morgan fingerprint density at radius 3 is 2.67 bits per heavy atom. The number of aromatic nitrogens is 2. The molecule has 0 amide bonds. The summed E-state index contributed by atoms with van der Waals surface area (Å²) < 4.78 is 38.4. The maximum Gasteiger partial charge on any atom is 0.451 e. The first kappa shape index (κ1) is 15.8. The van der Waals surface area contributed by atoms with Crippen LogP contribution in [0.2, 0.25) is 0 Å². The second-order valence-corrected chi connectivity index (χ2v) is 5.41. The lowest BCUT2D eigenvalue weighted by Crippen LogP contribution is -2.29. The first-order valence-electron chi connectivity index (χ1n) is 6.61. The number of aliphatic hydroxyl groups is 1. The summed E-state index contributed by atoms with van der Waals surface area (Å²) in [5.74, 6) is 4.00. The second-order valence-electron chi connectivity index (χ2n) is 5.41. The summed E-state index contributed by atoms with van der Waals surface area (Å²) in [6, 6.07) is 1.37. The molecule has 1 aromatic heterocycles. The van der Waals surface area contributed by atoms with Gasteiger partial charge in [-0.15, -0.1) is 0 Å². The molecule has 1 saturated heterocycles. The average Bonchev–Trinajstić information content (AvgIpc) is 2.58. The van der Waals surface area contributed by atoms with Gasteiger partial charge in [-0.05, 0) is 26.2 Å². The highest BCUT2D eigenvalue weighted by atomic mass is 19.4. The number of hydrogen-bond acceptors (Lipinski definition) is 6. The van der Waals surface area contributed by atoms with Crippen LogP contribution in [0.15, 0.2) is 6.07 Å². The number of alkyl halides is 3. The Labute approximate surface area is 120 Å². The third-order valence-corrected chi connectivity index (χ3v) is 3.50. The van der Waals surface area contributed by atoms with Crippen LogP contribution in [0.4, 0.5) is 24.8 Å². The summed E-state index contributed by atoms with van der Waals surface area (Å²) in [5.41, 5.74) is 1.32. The number of nitrogen functional groups attached to an aromatic ring is 1. The lowest BCUT2D eigenvalue weighted by molar-refractivity contribution is -0.144. The molecule has 2 rings (SSSR count). The summed E-state index contributed by atoms with van der Waals surface area (Å²) >= 11 is 0. The molecule has 0 spiro atoms. The van der Waals surface area contributed by atoms with E-state index in [1.807, 2.05) is 0 Å². The molecule has 118 valence electrons. The fraction of sp³-hybridized carbons (Fsp3) is 0.667. The summed E-state index contributed by atoms with van der Waals surface area (Å²) in [6.45, 7) is 2.67. The first-order valence-corrected chi connectivity index (χ1v) is 6.61. The van der Waals surface area contributed by atoms with Gasteiger partial charge in [-0.25, -0.2) is 15.8 Å². The molecule has 1 aliphatic rings. The Bertz CT molecular complexity index is 506. The number of nitrogens with two attached hydrogens (primary N) is 1. The largest absolute Gasteiger partial charge is 0.451 e. The van der Waals surface area contributed by atoms with Gasteiger partial charge in [-0.2, -0.15) is 13.2 Å². The zero-order chi connectivity index (χ0) is 15.7. The number of anilines is 2. The van der Waals surface area contributed by atoms with Crippen LogP contribution in [0, 0.1) is 0 Å². The van der Waals surface area contributed by atoms with Crippen LogP contribution in [0.5, 0.6) is 0 Å². The van der Waals surface area contributed by atoms with Gasteiger partial charge >= 0.3 is 6.18 Å². The lowest BCUT2D eigenvalue weighted by atomic mass is 9.98. The van der Waals surface area contributed by atoms with Gasteiger partial charge in [0.15, 0.2) is 0 Å². The van der Waals surface area contributed by atoms with Gasteiger partial charge < -0.3 is 15.4 Å². The molecule has 1 unspecified atom stereocenters. The smallest absolute Gasteiger partial charge is 0.390 e. The normalized spacial score (nSPS) is 23.8. The minimum Gasteiger partial charge on any atom is -0.390 e. The standard InChI is InChI=1S/C12H18F3N5O/c1-11(21)3-2-5-20(6-4-11)9-7-8(19-16)17-10(18-9)12(13,14)15/h7,21H,2-6,16H2,1H3,(H,17,18,19). The fourth-order valence-corrected chi connectivity index (χ4v) is 2.29. The molecule has 2 heterocycles. The molecule has 6 nitrogen and oxygen atoms in total. The Morgan fingerprint density at radius 2 is 2.05 bits per heavy atom. The van der Waals surface area contributed by atoms with Crippen molar-refractivity contribution >= 4 is 11.6 Å². The number of rotatable bonds is 2. The van der Waals surface area contributed by atoms with Crippen molar-refractivity contribution in [2.24, 2.45) is 5.84 Å². The van der Waals surface area contributed by atoms with Crippen LogP contribution in [-0.4, -0.2) is 33.8 Å². The van der Waals surface area contributed by atoms with E-state index >= 15 is 0 Å². The van der Waals surface area contributed by atoms with E-state index < -0.39 is 17.6 Å². The zero-order valence-electron chi connectivity index (χ0n) is 11.6. The second kappa shape index (κ2) is 5.64. The molecule has 21 heavy (non-hydrogen) atoms. The molecule has 0 radical (unpaired) electrons. The minimum absolute atomic E-state index is 0.0941. The van der Waals surface area contributed by atoms with Gasteiger partial charge in [-0.1, -0.05) is 0 Å². The SMILES string of the molecule is CC1(O)CCCN(c2cc(NN)nc(C(F)(F)F)n2)CC1. The fourth-order valence-electron chi connectivity index (χ4n) is 2.29. The van der Waals surface area contributed by atoms with E-state index in [9.17, 15) is 18.3 Å². The maximum absolute atomic E-state index is 12.8. The van der Waals surface area contributed by atoms with Crippen molar-refractivity contribution in [3.63, 3.8) is 0 Å². The first-order chi connectivity index (χ1) is 9.71. The number of nitrogens with zero attached hydrogens (tertiary/aromatic N) is 3. The van der Waals surface area contributed by atoms with Crippen LogP contribution in [0.1, 0.15) is 32.0 Å². The molecule has 1 aromatic rings. The monoisotopic (exact) mass is 305 g/mol. The highest BCUT2D eigenvalue weighted by Gasteiger charge is 2.36. The predicted molar refractivity (Wildman–Crippen MR) is 71.5 cm³/mol. The van der Waals surface area contributed by atoms with Crippen molar-refractivity contribution in [2.45, 2.75) is 38.0 Å². The van der Waals surface area contributed by atoms with Gasteiger partial charge in [0.2, 0.25) is 5.82 Å². The van der Waals surface area contributed by atoms with Gasteiger partial charge in [-0.3, -0.25) is 0 Å². The molecule has 4 N–H and O–H groups in total. The highest BCUT2D eigenvalue weighted by Crippen LogP contribution is 2.30. The number of nitrogens with one attached hydrogen (secondary N) is 1. The lowest BCUT2D eigenvalue weighted by Gasteiger charge is -2.24. The van der Waals surface area contributed by atoms with Gasteiger partial charge in [0.25, 0.3) is 0 Å². The Morgan fingerprint density at radius 1 is 1.33 bits per heavy atom. The quantitative estimate of drug-likeness (QED) is 0.567. The van der Waals surface area contributed by atoms with Crippen molar-refractivity contribution < 1.29 is 18.3 Å². The minimum atomic E-state index is -4.64. The topological polar surface area (TPSA) is 87.3 Å². The van der Waals surface area contributed by atoms with Gasteiger partial charge in [0.05, 0.1) is 5.60 Å². The third-order valence-electron chi connectivity index (χ3n) is 3.50. The Hall–Kier alpha value is -1.61. The molecule has 1 fully saturated rings. The molecule has 0 saturated carbocycles. The number of hydrazine groups is 1. The zero-order valence-corrected chi connectivity index (χ0v) is 11.6. The van der Waals surface area contributed by atoms with Crippen LogP contribution in [0.25, 0.3) is 0 Å². The van der Waals surface area contributed by atoms with Crippen LogP contribution < -0.4 is 16.2 Å². The van der Waals surface area contributed by atoms with E-state index in [1.165, 1.54) is 6.07 Å². The average molecular weight is 305 g/mol. The molecule has 9 heteroatoms. The highest BCUT2D eigenvalue weighted by molar-refractivity contribution is 5.49. The molecule has 0 bridgehead atoms. The van der Waals surface area contributed by atoms with E-state index in [-0.39, 0.29) is 11.6 Å². The van der Waals surface area contributed by atoms with E-state index in [4.69, 9.17) is 5.84 Å². The van der Waals surface area contributed by atoms with Crippen molar-refractivity contribution in [2.75, 3.05) is 23.4 Å². The van der Waals surface area contributed by atoms with E-state index in [0.717, 1.165) is 0 Å². The van der Waals surface area contributed by atoms with Crippen LogP contribution >= 0.6 is 0 Å².